The zero-order chi connectivity index (χ0) is 16.3. The zero-order valence-electron chi connectivity index (χ0n) is 12.4. The molecule has 3 rings (SSSR count). The maximum absolute atomic E-state index is 12.2. The van der Waals surface area contributed by atoms with E-state index in [1.807, 2.05) is 0 Å². The Morgan fingerprint density at radius 2 is 2.09 bits per heavy atom. The fourth-order valence-electron chi connectivity index (χ4n) is 2.10. The molecule has 7 nitrogen and oxygen atoms in total. The van der Waals surface area contributed by atoms with Gasteiger partial charge in [-0.3, -0.25) is 4.79 Å². The highest BCUT2D eigenvalue weighted by Crippen LogP contribution is 2.20. The molecule has 0 aliphatic rings. The highest BCUT2D eigenvalue weighted by molar-refractivity contribution is 5.94. The molecule has 0 fully saturated rings. The number of aromatic nitrogens is 2. The average Bonchev–Trinajstić information content (AvgIpc) is 3.26. The second-order valence-electron chi connectivity index (χ2n) is 5.27. The van der Waals surface area contributed by atoms with E-state index in [-0.39, 0.29) is 12.5 Å². The number of nitrogens with one attached hydrogen (secondary N) is 1. The summed E-state index contributed by atoms with van der Waals surface area (Å²) in [6.45, 7) is 1.61. The number of amides is 1. The second kappa shape index (κ2) is 6.05. The molecule has 0 spiro atoms. The Balaban J connectivity index is 1.64. The summed E-state index contributed by atoms with van der Waals surface area (Å²) in [4.78, 5) is 16.1. The first-order valence-corrected chi connectivity index (χ1v) is 6.98. The van der Waals surface area contributed by atoms with Gasteiger partial charge in [-0.05, 0) is 31.2 Å². The van der Waals surface area contributed by atoms with Gasteiger partial charge >= 0.3 is 0 Å². The molecule has 118 valence electrons. The number of hydrogen-bond acceptors (Lipinski definition) is 6. The summed E-state index contributed by atoms with van der Waals surface area (Å²) in [6, 6.07) is 10.1. The highest BCUT2D eigenvalue weighted by atomic mass is 16.5. The van der Waals surface area contributed by atoms with E-state index in [4.69, 9.17) is 4.42 Å². The van der Waals surface area contributed by atoms with Gasteiger partial charge in [0.05, 0.1) is 12.8 Å². The molecule has 0 radical (unpaired) electrons. The number of nitrogens with zero attached hydrogens (tertiary/aromatic N) is 2. The molecule has 0 aliphatic carbocycles. The van der Waals surface area contributed by atoms with Gasteiger partial charge in [-0.25, -0.2) is 0 Å². The summed E-state index contributed by atoms with van der Waals surface area (Å²) in [6.07, 6.45) is 2.72. The van der Waals surface area contributed by atoms with Crippen LogP contribution in [-0.4, -0.2) is 27.7 Å². The Bertz CT molecular complexity index is 762. The number of aliphatic hydroxyl groups is 1. The van der Waals surface area contributed by atoms with Gasteiger partial charge in [-0.1, -0.05) is 17.3 Å². The van der Waals surface area contributed by atoms with E-state index in [0.29, 0.717) is 17.1 Å². The maximum atomic E-state index is 12.2. The van der Waals surface area contributed by atoms with Crippen molar-refractivity contribution in [2.24, 2.45) is 0 Å². The Hall–Kier alpha value is -2.93. The quantitative estimate of drug-likeness (QED) is 0.746. The van der Waals surface area contributed by atoms with Crippen LogP contribution in [0.4, 0.5) is 0 Å². The standard InChI is InChI=1S/C16H15N3O4/c1-16(21,13-3-2-8-22-13)9-17-15(20)12-6-4-11(5-7-12)14-18-10-23-19-14/h2-8,10,21H,9H2,1H3,(H,17,20). The van der Waals surface area contributed by atoms with Crippen LogP contribution in [0.15, 0.2) is 58.0 Å². The molecule has 0 bridgehead atoms. The first-order chi connectivity index (χ1) is 11.1. The van der Waals surface area contributed by atoms with Crippen molar-refractivity contribution in [1.82, 2.24) is 15.5 Å². The zero-order valence-corrected chi connectivity index (χ0v) is 12.4. The second-order valence-corrected chi connectivity index (χ2v) is 5.27. The van der Waals surface area contributed by atoms with Crippen molar-refractivity contribution < 1.29 is 18.8 Å². The molecule has 0 saturated carbocycles. The fourth-order valence-corrected chi connectivity index (χ4v) is 2.10. The Morgan fingerprint density at radius 3 is 2.70 bits per heavy atom. The summed E-state index contributed by atoms with van der Waals surface area (Å²) < 4.78 is 9.85. The van der Waals surface area contributed by atoms with Crippen molar-refractivity contribution in [1.29, 1.82) is 0 Å². The van der Waals surface area contributed by atoms with Crippen LogP contribution in [0.3, 0.4) is 0 Å². The number of hydrogen-bond donors (Lipinski definition) is 2. The van der Waals surface area contributed by atoms with Crippen LogP contribution < -0.4 is 5.32 Å². The molecule has 7 heteroatoms. The van der Waals surface area contributed by atoms with E-state index in [9.17, 15) is 9.90 Å². The minimum absolute atomic E-state index is 0.0337. The van der Waals surface area contributed by atoms with E-state index < -0.39 is 5.60 Å². The average molecular weight is 313 g/mol. The largest absolute Gasteiger partial charge is 0.466 e. The summed E-state index contributed by atoms with van der Waals surface area (Å²) in [5.41, 5.74) is -0.0608. The highest BCUT2D eigenvalue weighted by Gasteiger charge is 2.26. The normalized spacial score (nSPS) is 13.5. The van der Waals surface area contributed by atoms with Crippen molar-refractivity contribution in [2.45, 2.75) is 12.5 Å². The van der Waals surface area contributed by atoms with Crippen LogP contribution >= 0.6 is 0 Å². The lowest BCUT2D eigenvalue weighted by Crippen LogP contribution is -2.38. The van der Waals surface area contributed by atoms with Crippen LogP contribution in [0.25, 0.3) is 11.4 Å². The molecule has 2 heterocycles. The predicted octanol–water partition coefficient (Wildman–Crippen LogP) is 1.97. The number of carbonyl (C=O) groups is 1. The molecule has 2 aromatic heterocycles. The molecule has 3 aromatic rings. The van der Waals surface area contributed by atoms with Crippen LogP contribution in [0.2, 0.25) is 0 Å². The minimum Gasteiger partial charge on any atom is -0.466 e. The Kier molecular flexibility index (Phi) is 3.94. The molecule has 1 aromatic carbocycles. The lowest BCUT2D eigenvalue weighted by molar-refractivity contribution is 0.0330. The van der Waals surface area contributed by atoms with E-state index >= 15 is 0 Å². The topological polar surface area (TPSA) is 101 Å². The smallest absolute Gasteiger partial charge is 0.251 e. The van der Waals surface area contributed by atoms with Gasteiger partial charge in [-0.15, -0.1) is 0 Å². The van der Waals surface area contributed by atoms with Crippen LogP contribution in [-0.2, 0) is 5.60 Å². The van der Waals surface area contributed by atoms with E-state index in [1.54, 1.807) is 43.3 Å². The number of furan rings is 1. The van der Waals surface area contributed by atoms with Gasteiger partial charge in [0, 0.05) is 11.1 Å². The molecule has 1 atom stereocenters. The summed E-state index contributed by atoms with van der Waals surface area (Å²) in [7, 11) is 0. The van der Waals surface area contributed by atoms with Crippen LogP contribution in [0, 0.1) is 0 Å². The number of carbonyl (C=O) groups excluding carboxylic acids is 1. The molecule has 1 unspecified atom stereocenters. The van der Waals surface area contributed by atoms with Gasteiger partial charge in [0.2, 0.25) is 12.2 Å². The SMILES string of the molecule is CC(O)(CNC(=O)c1ccc(-c2ncon2)cc1)c1ccco1. The molecule has 23 heavy (non-hydrogen) atoms. The first kappa shape index (κ1) is 15.0. The summed E-state index contributed by atoms with van der Waals surface area (Å²) in [5, 5.41) is 16.7. The van der Waals surface area contributed by atoms with Crippen LogP contribution in [0.5, 0.6) is 0 Å². The maximum Gasteiger partial charge on any atom is 0.251 e. The van der Waals surface area contributed by atoms with Gasteiger partial charge in [0.1, 0.15) is 11.4 Å². The van der Waals surface area contributed by atoms with Crippen LogP contribution in [0.1, 0.15) is 23.0 Å². The van der Waals surface area contributed by atoms with E-state index in [0.717, 1.165) is 5.56 Å². The molecule has 0 aliphatic heterocycles. The minimum atomic E-state index is -1.27. The predicted molar refractivity (Wildman–Crippen MR) is 80.3 cm³/mol. The Morgan fingerprint density at radius 1 is 1.30 bits per heavy atom. The van der Waals surface area contributed by atoms with Gasteiger partial charge in [-0.2, -0.15) is 4.98 Å². The van der Waals surface area contributed by atoms with Crippen molar-refractivity contribution in [2.75, 3.05) is 6.54 Å². The Labute approximate surface area is 131 Å². The third kappa shape index (κ3) is 3.29. The van der Waals surface area contributed by atoms with Crippen molar-refractivity contribution in [3.05, 3.63) is 60.4 Å². The molecular formula is C16H15N3O4. The first-order valence-electron chi connectivity index (χ1n) is 6.98. The molecule has 1 amide bonds. The molecule has 0 saturated heterocycles. The van der Waals surface area contributed by atoms with Gasteiger partial charge in [0.25, 0.3) is 5.91 Å². The monoisotopic (exact) mass is 313 g/mol. The van der Waals surface area contributed by atoms with E-state index in [1.165, 1.54) is 12.7 Å². The summed E-state index contributed by atoms with van der Waals surface area (Å²) in [5.74, 6) is 0.555. The number of benzene rings is 1. The van der Waals surface area contributed by atoms with Gasteiger partial charge < -0.3 is 19.4 Å². The third-order valence-electron chi connectivity index (χ3n) is 3.41. The van der Waals surface area contributed by atoms with Gasteiger partial charge in [0.15, 0.2) is 0 Å². The lowest BCUT2D eigenvalue weighted by atomic mass is 10.0. The third-order valence-corrected chi connectivity index (χ3v) is 3.41. The molecule has 2 N–H and O–H groups in total. The van der Waals surface area contributed by atoms with Crippen molar-refractivity contribution in [3.63, 3.8) is 0 Å². The van der Waals surface area contributed by atoms with E-state index in [2.05, 4.69) is 20.0 Å². The summed E-state index contributed by atoms with van der Waals surface area (Å²) >= 11 is 0. The fraction of sp³-hybridized carbons (Fsp3) is 0.188. The van der Waals surface area contributed by atoms with Crippen molar-refractivity contribution >= 4 is 5.91 Å². The number of rotatable bonds is 5. The van der Waals surface area contributed by atoms with Crippen molar-refractivity contribution in [3.8, 4) is 11.4 Å². The lowest BCUT2D eigenvalue weighted by Gasteiger charge is -2.21. The molecular weight excluding hydrogens is 298 g/mol.